The van der Waals surface area contributed by atoms with Crippen molar-refractivity contribution in [3.05, 3.63) is 58.7 Å². The number of hydrogen-bond donors (Lipinski definition) is 1. The molecule has 0 atom stereocenters. The van der Waals surface area contributed by atoms with Gasteiger partial charge in [-0.25, -0.2) is 4.79 Å². The van der Waals surface area contributed by atoms with Crippen LogP contribution >= 0.6 is 0 Å². The van der Waals surface area contributed by atoms with Gasteiger partial charge in [0.25, 0.3) is 0 Å². The molecule has 0 saturated carbocycles. The third kappa shape index (κ3) is 1.91. The molecule has 0 fully saturated rings. The third-order valence-electron chi connectivity index (χ3n) is 2.16. The lowest BCUT2D eigenvalue weighted by Crippen LogP contribution is -2.05. The van der Waals surface area contributed by atoms with E-state index < -0.39 is 0 Å². The van der Waals surface area contributed by atoms with E-state index in [0.717, 1.165) is 11.6 Å². The van der Waals surface area contributed by atoms with E-state index >= 15 is 0 Å². The zero-order chi connectivity index (χ0) is 10.7. The minimum atomic E-state index is -0.355. The van der Waals surface area contributed by atoms with E-state index in [1.165, 1.54) is 6.08 Å². The van der Waals surface area contributed by atoms with Gasteiger partial charge in [-0.2, -0.15) is 0 Å². The standard InChI is InChI=1S/C12H10O3/c13-7-3-5-10-8-9-4-1-2-6-11(9)15-12(10)14/h1-4,6-8,13H,5H2. The molecular formula is C12H10O3. The molecule has 1 N–H and O–H groups in total. The maximum Gasteiger partial charge on any atom is 0.339 e. The summed E-state index contributed by atoms with van der Waals surface area (Å²) < 4.78 is 5.12. The van der Waals surface area contributed by atoms with Crippen molar-refractivity contribution in [3.63, 3.8) is 0 Å². The summed E-state index contributed by atoms with van der Waals surface area (Å²) in [6, 6.07) is 9.11. The second kappa shape index (κ2) is 4.00. The largest absolute Gasteiger partial charge is 0.516 e. The van der Waals surface area contributed by atoms with Crippen molar-refractivity contribution in [1.82, 2.24) is 0 Å². The molecule has 15 heavy (non-hydrogen) atoms. The fourth-order valence-electron chi connectivity index (χ4n) is 1.43. The number of aliphatic hydroxyl groups is 1. The van der Waals surface area contributed by atoms with Crippen LogP contribution in [0.4, 0.5) is 0 Å². The number of benzene rings is 1. The van der Waals surface area contributed by atoms with Crippen molar-refractivity contribution in [2.45, 2.75) is 6.42 Å². The van der Waals surface area contributed by atoms with Gasteiger partial charge < -0.3 is 9.52 Å². The first-order valence-electron chi connectivity index (χ1n) is 4.62. The van der Waals surface area contributed by atoms with Crippen LogP contribution in [0.25, 0.3) is 11.0 Å². The summed E-state index contributed by atoms with van der Waals surface area (Å²) in [7, 11) is 0. The number of hydrogen-bond acceptors (Lipinski definition) is 3. The average Bonchev–Trinajstić information content (AvgIpc) is 2.26. The Morgan fingerprint density at radius 1 is 1.33 bits per heavy atom. The van der Waals surface area contributed by atoms with E-state index in [2.05, 4.69) is 0 Å². The molecule has 1 aromatic heterocycles. The Morgan fingerprint density at radius 3 is 2.93 bits per heavy atom. The van der Waals surface area contributed by atoms with E-state index in [1.54, 1.807) is 12.1 Å². The minimum Gasteiger partial charge on any atom is -0.516 e. The van der Waals surface area contributed by atoms with Crippen molar-refractivity contribution < 1.29 is 9.52 Å². The molecule has 0 spiro atoms. The fourth-order valence-corrected chi connectivity index (χ4v) is 1.43. The molecule has 3 heteroatoms. The van der Waals surface area contributed by atoms with Crippen LogP contribution in [0.15, 0.2) is 51.9 Å². The van der Waals surface area contributed by atoms with Crippen LogP contribution in [0.3, 0.4) is 0 Å². The number of rotatable bonds is 2. The second-order valence-electron chi connectivity index (χ2n) is 3.19. The van der Waals surface area contributed by atoms with Gasteiger partial charge in [-0.1, -0.05) is 18.2 Å². The summed E-state index contributed by atoms with van der Waals surface area (Å²) in [6.07, 6.45) is 2.80. The van der Waals surface area contributed by atoms with Gasteiger partial charge >= 0.3 is 5.63 Å². The van der Waals surface area contributed by atoms with Crippen LogP contribution in [-0.4, -0.2) is 5.11 Å². The molecule has 3 nitrogen and oxygen atoms in total. The molecule has 0 aliphatic rings. The van der Waals surface area contributed by atoms with Crippen LogP contribution in [-0.2, 0) is 6.42 Å². The maximum absolute atomic E-state index is 11.5. The summed E-state index contributed by atoms with van der Waals surface area (Å²) in [5.41, 5.74) is 0.769. The molecule has 0 unspecified atom stereocenters. The Bertz CT molecular complexity index is 552. The van der Waals surface area contributed by atoms with E-state index in [-0.39, 0.29) is 5.63 Å². The normalized spacial score (nSPS) is 11.2. The molecule has 2 aromatic rings. The Hall–Kier alpha value is -2.03. The summed E-state index contributed by atoms with van der Waals surface area (Å²) in [5.74, 6) is 0. The molecule has 0 aliphatic carbocycles. The van der Waals surface area contributed by atoms with Crippen LogP contribution in [0.5, 0.6) is 0 Å². The van der Waals surface area contributed by atoms with Gasteiger partial charge in [-0.05, 0) is 18.2 Å². The van der Waals surface area contributed by atoms with Crippen molar-refractivity contribution in [1.29, 1.82) is 0 Å². The Morgan fingerprint density at radius 2 is 2.13 bits per heavy atom. The molecule has 0 amide bonds. The second-order valence-corrected chi connectivity index (χ2v) is 3.19. The van der Waals surface area contributed by atoms with Crippen molar-refractivity contribution >= 4 is 11.0 Å². The molecule has 76 valence electrons. The summed E-state index contributed by atoms with van der Waals surface area (Å²) in [4.78, 5) is 11.5. The van der Waals surface area contributed by atoms with Crippen LogP contribution in [0.1, 0.15) is 5.56 Å². The number of para-hydroxylation sites is 1. The van der Waals surface area contributed by atoms with Crippen LogP contribution in [0, 0.1) is 0 Å². The van der Waals surface area contributed by atoms with E-state index in [0.29, 0.717) is 17.6 Å². The number of allylic oxidation sites excluding steroid dienone is 1. The van der Waals surface area contributed by atoms with Crippen molar-refractivity contribution in [2.24, 2.45) is 0 Å². The first kappa shape index (κ1) is 9.52. The lowest BCUT2D eigenvalue weighted by molar-refractivity contribution is 0.471. The van der Waals surface area contributed by atoms with Gasteiger partial charge in [0, 0.05) is 17.4 Å². The predicted octanol–water partition coefficient (Wildman–Crippen LogP) is 2.41. The molecule has 0 aliphatic heterocycles. The zero-order valence-electron chi connectivity index (χ0n) is 8.01. The average molecular weight is 202 g/mol. The van der Waals surface area contributed by atoms with Gasteiger partial charge in [0.15, 0.2) is 0 Å². The lowest BCUT2D eigenvalue weighted by atomic mass is 10.1. The quantitative estimate of drug-likeness (QED) is 0.601. The SMILES string of the molecule is O=c1oc2ccccc2cc1CC=CO. The van der Waals surface area contributed by atoms with E-state index in [1.807, 2.05) is 18.2 Å². The van der Waals surface area contributed by atoms with Crippen LogP contribution in [0.2, 0.25) is 0 Å². The summed E-state index contributed by atoms with van der Waals surface area (Å²) in [6.45, 7) is 0. The van der Waals surface area contributed by atoms with Gasteiger partial charge in [-0.3, -0.25) is 0 Å². The monoisotopic (exact) mass is 202 g/mol. The van der Waals surface area contributed by atoms with Gasteiger partial charge in [0.05, 0.1) is 6.26 Å². The number of aliphatic hydroxyl groups excluding tert-OH is 1. The predicted molar refractivity (Wildman–Crippen MR) is 58.0 cm³/mol. The Labute approximate surface area is 86.3 Å². The van der Waals surface area contributed by atoms with Gasteiger partial charge in [-0.15, -0.1) is 0 Å². The third-order valence-corrected chi connectivity index (χ3v) is 2.16. The van der Waals surface area contributed by atoms with E-state index in [4.69, 9.17) is 9.52 Å². The first-order valence-corrected chi connectivity index (χ1v) is 4.62. The van der Waals surface area contributed by atoms with Crippen molar-refractivity contribution in [3.8, 4) is 0 Å². The molecule has 0 bridgehead atoms. The highest BCUT2D eigenvalue weighted by molar-refractivity contribution is 5.76. The molecule has 1 aromatic carbocycles. The lowest BCUT2D eigenvalue weighted by Gasteiger charge is -1.98. The Balaban J connectivity index is 2.57. The molecule has 1 heterocycles. The molecule has 2 rings (SSSR count). The molecular weight excluding hydrogens is 192 g/mol. The first-order chi connectivity index (χ1) is 7.31. The highest BCUT2D eigenvalue weighted by atomic mass is 16.4. The smallest absolute Gasteiger partial charge is 0.339 e. The zero-order valence-corrected chi connectivity index (χ0v) is 8.01. The van der Waals surface area contributed by atoms with Gasteiger partial charge in [0.2, 0.25) is 0 Å². The van der Waals surface area contributed by atoms with E-state index in [9.17, 15) is 4.79 Å². The number of fused-ring (bicyclic) bond motifs is 1. The highest BCUT2D eigenvalue weighted by Crippen LogP contribution is 2.12. The summed E-state index contributed by atoms with van der Waals surface area (Å²) >= 11 is 0. The topological polar surface area (TPSA) is 50.4 Å². The molecule has 0 saturated heterocycles. The minimum absolute atomic E-state index is 0.355. The van der Waals surface area contributed by atoms with Crippen molar-refractivity contribution in [2.75, 3.05) is 0 Å². The highest BCUT2D eigenvalue weighted by Gasteiger charge is 2.02. The summed E-state index contributed by atoms with van der Waals surface area (Å²) in [5, 5.41) is 9.41. The Kier molecular flexibility index (Phi) is 2.54. The molecule has 0 radical (unpaired) electrons. The van der Waals surface area contributed by atoms with Gasteiger partial charge in [0.1, 0.15) is 5.58 Å². The fraction of sp³-hybridized carbons (Fsp3) is 0.0833. The van der Waals surface area contributed by atoms with Crippen LogP contribution < -0.4 is 5.63 Å². The maximum atomic E-state index is 11.5.